The first-order valence-electron chi connectivity index (χ1n) is 11.1. The van der Waals surface area contributed by atoms with Gasteiger partial charge in [0, 0.05) is 12.1 Å². The van der Waals surface area contributed by atoms with Crippen LogP contribution in [0.5, 0.6) is 5.75 Å². The lowest BCUT2D eigenvalue weighted by molar-refractivity contribution is -0.113. The van der Waals surface area contributed by atoms with Gasteiger partial charge in [0.15, 0.2) is 11.0 Å². The highest BCUT2D eigenvalue weighted by Gasteiger charge is 2.18. The summed E-state index contributed by atoms with van der Waals surface area (Å²) in [5, 5.41) is 12.0. The molecule has 8 nitrogen and oxygen atoms in total. The second kappa shape index (κ2) is 10.5. The smallest absolute Gasteiger partial charge is 0.250 e. The largest absolute Gasteiger partial charge is 0.490 e. The molecule has 33 heavy (non-hydrogen) atoms. The molecular formula is C24H27N5O3S. The number of hydrogen-bond donors (Lipinski definition) is 2. The Kier molecular flexibility index (Phi) is 7.29. The Morgan fingerprint density at radius 3 is 2.55 bits per heavy atom. The zero-order chi connectivity index (χ0) is 23.2. The number of nitrogens with two attached hydrogens (primary N) is 1. The number of nitrogens with one attached hydrogen (secondary N) is 1. The van der Waals surface area contributed by atoms with Gasteiger partial charge in [-0.3, -0.25) is 9.59 Å². The summed E-state index contributed by atoms with van der Waals surface area (Å²) in [6.07, 6.45) is 5.03. The minimum atomic E-state index is -0.589. The second-order valence-electron chi connectivity index (χ2n) is 7.85. The van der Waals surface area contributed by atoms with Gasteiger partial charge in [0.2, 0.25) is 5.91 Å². The third kappa shape index (κ3) is 5.54. The van der Waals surface area contributed by atoms with Crippen molar-refractivity contribution >= 4 is 29.3 Å². The van der Waals surface area contributed by atoms with Gasteiger partial charge < -0.3 is 20.4 Å². The Balaban J connectivity index is 1.40. The Morgan fingerprint density at radius 2 is 1.85 bits per heavy atom. The summed E-state index contributed by atoms with van der Waals surface area (Å²) >= 11 is 1.29. The third-order valence-electron chi connectivity index (χ3n) is 5.55. The van der Waals surface area contributed by atoms with Crippen molar-refractivity contribution < 1.29 is 14.3 Å². The molecule has 1 aliphatic carbocycles. The van der Waals surface area contributed by atoms with Crippen molar-refractivity contribution in [3.05, 3.63) is 54.1 Å². The van der Waals surface area contributed by atoms with Crippen LogP contribution in [0.2, 0.25) is 0 Å². The van der Waals surface area contributed by atoms with Crippen LogP contribution < -0.4 is 15.8 Å². The van der Waals surface area contributed by atoms with E-state index in [1.54, 1.807) is 24.3 Å². The predicted octanol–water partition coefficient (Wildman–Crippen LogP) is 4.12. The van der Waals surface area contributed by atoms with E-state index < -0.39 is 5.91 Å². The highest BCUT2D eigenvalue weighted by Crippen LogP contribution is 2.28. The number of nitrogens with zero attached hydrogens (tertiary/aromatic N) is 3. The van der Waals surface area contributed by atoms with Crippen LogP contribution in [0, 0.1) is 0 Å². The number of thioether (sulfide) groups is 1. The molecule has 0 saturated heterocycles. The number of ether oxygens (including phenoxy) is 1. The number of carbonyl (C=O) groups is 2. The SMILES string of the molecule is CCn1c(SCC(=O)Nc2ccccc2C(N)=O)nnc1-c1ccc(OC2CCCC2)cc1. The third-order valence-corrected chi connectivity index (χ3v) is 6.52. The number of benzene rings is 2. The minimum absolute atomic E-state index is 0.124. The van der Waals surface area contributed by atoms with Crippen molar-refractivity contribution in [2.75, 3.05) is 11.1 Å². The maximum absolute atomic E-state index is 12.5. The molecule has 0 spiro atoms. The van der Waals surface area contributed by atoms with Crippen molar-refractivity contribution in [3.8, 4) is 17.1 Å². The molecule has 4 rings (SSSR count). The molecule has 0 radical (unpaired) electrons. The molecule has 0 atom stereocenters. The van der Waals surface area contributed by atoms with Gasteiger partial charge in [-0.1, -0.05) is 23.9 Å². The van der Waals surface area contributed by atoms with E-state index in [0.29, 0.717) is 23.5 Å². The number of anilines is 1. The maximum Gasteiger partial charge on any atom is 0.250 e. The lowest BCUT2D eigenvalue weighted by atomic mass is 10.1. The van der Waals surface area contributed by atoms with E-state index in [9.17, 15) is 9.59 Å². The standard InChI is InChI=1S/C24H27N5O3S/c1-2-29-23(16-11-13-18(14-12-16)32-17-7-3-4-8-17)27-28-24(29)33-15-21(30)26-20-10-6-5-9-19(20)22(25)31/h5-6,9-14,17H,2-4,7-8,15H2,1H3,(H2,25,31)(H,26,30). The first-order valence-corrected chi connectivity index (χ1v) is 12.1. The van der Waals surface area contributed by atoms with Gasteiger partial charge in [0.25, 0.3) is 5.91 Å². The summed E-state index contributed by atoms with van der Waals surface area (Å²) in [4.78, 5) is 24.0. The van der Waals surface area contributed by atoms with Crippen molar-refractivity contribution in [2.24, 2.45) is 5.73 Å². The Labute approximate surface area is 196 Å². The lowest BCUT2D eigenvalue weighted by Crippen LogP contribution is -2.19. The number of hydrogen-bond acceptors (Lipinski definition) is 6. The van der Waals surface area contributed by atoms with Crippen LogP contribution in [0.1, 0.15) is 43.0 Å². The molecule has 0 unspecified atom stereocenters. The fourth-order valence-corrected chi connectivity index (χ4v) is 4.70. The molecule has 2 amide bonds. The highest BCUT2D eigenvalue weighted by atomic mass is 32.2. The van der Waals surface area contributed by atoms with Gasteiger partial charge in [-0.25, -0.2) is 0 Å². The summed E-state index contributed by atoms with van der Waals surface area (Å²) in [6, 6.07) is 14.6. The Morgan fingerprint density at radius 1 is 1.12 bits per heavy atom. The zero-order valence-electron chi connectivity index (χ0n) is 18.5. The van der Waals surface area contributed by atoms with Crippen LogP contribution in [-0.2, 0) is 11.3 Å². The van der Waals surface area contributed by atoms with Crippen molar-refractivity contribution in [2.45, 2.75) is 50.4 Å². The average molecular weight is 466 g/mol. The van der Waals surface area contributed by atoms with Gasteiger partial charge in [-0.05, 0) is 69.0 Å². The van der Waals surface area contributed by atoms with Crippen LogP contribution in [0.25, 0.3) is 11.4 Å². The fourth-order valence-electron chi connectivity index (χ4n) is 3.90. The summed E-state index contributed by atoms with van der Waals surface area (Å²) in [5.74, 6) is 0.893. The molecule has 3 aromatic rings. The van der Waals surface area contributed by atoms with Crippen LogP contribution in [0.15, 0.2) is 53.7 Å². The molecule has 1 heterocycles. The van der Waals surface area contributed by atoms with E-state index in [0.717, 1.165) is 30.0 Å². The monoisotopic (exact) mass is 465 g/mol. The van der Waals surface area contributed by atoms with E-state index >= 15 is 0 Å². The molecule has 1 fully saturated rings. The molecule has 172 valence electrons. The van der Waals surface area contributed by atoms with E-state index in [-0.39, 0.29) is 17.2 Å². The number of rotatable bonds is 9. The summed E-state index contributed by atoms with van der Waals surface area (Å²) in [5.41, 5.74) is 6.99. The maximum atomic E-state index is 12.5. The summed E-state index contributed by atoms with van der Waals surface area (Å²) < 4.78 is 8.02. The van der Waals surface area contributed by atoms with Gasteiger partial charge in [-0.2, -0.15) is 0 Å². The number of carbonyl (C=O) groups excluding carboxylic acids is 2. The number of primary amides is 1. The topological polar surface area (TPSA) is 112 Å². The van der Waals surface area contributed by atoms with E-state index in [1.165, 1.54) is 24.6 Å². The second-order valence-corrected chi connectivity index (χ2v) is 8.79. The number of aromatic nitrogens is 3. The molecule has 1 aromatic heterocycles. The first kappa shape index (κ1) is 22.8. The van der Waals surface area contributed by atoms with Crippen molar-refractivity contribution in [1.29, 1.82) is 0 Å². The van der Waals surface area contributed by atoms with Crippen molar-refractivity contribution in [1.82, 2.24) is 14.8 Å². The highest BCUT2D eigenvalue weighted by molar-refractivity contribution is 7.99. The fraction of sp³-hybridized carbons (Fsp3) is 0.333. The summed E-state index contributed by atoms with van der Waals surface area (Å²) in [6.45, 7) is 2.68. The molecule has 9 heteroatoms. The van der Waals surface area contributed by atoms with Gasteiger partial charge in [0.1, 0.15) is 5.75 Å². The molecule has 0 aliphatic heterocycles. The average Bonchev–Trinajstić information content (AvgIpc) is 3.48. The number of para-hydroxylation sites is 1. The summed E-state index contributed by atoms with van der Waals surface area (Å²) in [7, 11) is 0. The van der Waals surface area contributed by atoms with E-state index in [4.69, 9.17) is 10.5 Å². The molecule has 1 saturated carbocycles. The molecule has 2 aromatic carbocycles. The zero-order valence-corrected chi connectivity index (χ0v) is 19.3. The molecule has 0 bridgehead atoms. The first-order chi connectivity index (χ1) is 16.0. The van der Waals surface area contributed by atoms with Crippen LogP contribution in [0.4, 0.5) is 5.69 Å². The van der Waals surface area contributed by atoms with Gasteiger partial charge >= 0.3 is 0 Å². The van der Waals surface area contributed by atoms with Crippen LogP contribution in [-0.4, -0.2) is 38.4 Å². The van der Waals surface area contributed by atoms with Gasteiger partial charge in [0.05, 0.1) is 23.1 Å². The molecule has 1 aliphatic rings. The molecular weight excluding hydrogens is 438 g/mol. The van der Waals surface area contributed by atoms with Crippen LogP contribution in [0.3, 0.4) is 0 Å². The van der Waals surface area contributed by atoms with E-state index in [1.807, 2.05) is 35.8 Å². The Bertz CT molecular complexity index is 1120. The lowest BCUT2D eigenvalue weighted by Gasteiger charge is -2.13. The van der Waals surface area contributed by atoms with Gasteiger partial charge in [-0.15, -0.1) is 10.2 Å². The Hall–Kier alpha value is -3.33. The normalized spacial score (nSPS) is 13.7. The van der Waals surface area contributed by atoms with Crippen molar-refractivity contribution in [3.63, 3.8) is 0 Å². The number of amides is 2. The predicted molar refractivity (Wildman–Crippen MR) is 128 cm³/mol. The minimum Gasteiger partial charge on any atom is -0.490 e. The van der Waals surface area contributed by atoms with Crippen LogP contribution >= 0.6 is 11.8 Å². The van der Waals surface area contributed by atoms with E-state index in [2.05, 4.69) is 15.5 Å². The quantitative estimate of drug-likeness (QED) is 0.460. The molecule has 3 N–H and O–H groups in total.